The Morgan fingerprint density at radius 3 is 2.30 bits per heavy atom. The number of nitrogens with two attached hydrogens (primary N) is 1. The first-order valence-corrected chi connectivity index (χ1v) is 9.03. The molecule has 1 rings (SSSR count). The van der Waals surface area contributed by atoms with Crippen LogP contribution in [-0.2, 0) is 6.42 Å². The van der Waals surface area contributed by atoms with Crippen molar-refractivity contribution in [3.63, 3.8) is 0 Å². The summed E-state index contributed by atoms with van der Waals surface area (Å²) in [6.07, 6.45) is 6.75. The summed E-state index contributed by atoms with van der Waals surface area (Å²) in [7, 11) is 0. The fourth-order valence-electron chi connectivity index (χ4n) is 2.02. The first kappa shape index (κ1) is 18.0. The topological polar surface area (TPSA) is 35.2 Å². The maximum Gasteiger partial charge on any atom is 0.147 e. The summed E-state index contributed by atoms with van der Waals surface area (Å²) in [6.45, 7) is 5.10. The Bertz CT molecular complexity index is 386. The van der Waals surface area contributed by atoms with Crippen LogP contribution in [0.2, 0.25) is 0 Å². The molecule has 0 radical (unpaired) electrons. The summed E-state index contributed by atoms with van der Waals surface area (Å²) < 4.78 is 7.88. The fraction of sp³-hybridized carbons (Fsp3) is 0.625. The molecular weight excluding hydrogens is 382 g/mol. The minimum Gasteiger partial charge on any atom is -0.491 e. The van der Waals surface area contributed by atoms with E-state index in [9.17, 15) is 0 Å². The van der Waals surface area contributed by atoms with Crippen LogP contribution in [-0.4, -0.2) is 12.6 Å². The van der Waals surface area contributed by atoms with Gasteiger partial charge in [-0.3, -0.25) is 0 Å². The van der Waals surface area contributed by atoms with Gasteiger partial charge in [-0.05, 0) is 68.8 Å². The van der Waals surface area contributed by atoms with Crippen LogP contribution in [0.3, 0.4) is 0 Å². The molecule has 2 N–H and O–H groups in total. The zero-order valence-electron chi connectivity index (χ0n) is 12.4. The molecular formula is C16H25Br2NO. The molecule has 0 aliphatic carbocycles. The summed E-state index contributed by atoms with van der Waals surface area (Å²) in [5, 5.41) is 0. The normalized spacial score (nSPS) is 12.4. The smallest absolute Gasteiger partial charge is 0.147 e. The molecule has 0 spiro atoms. The lowest BCUT2D eigenvalue weighted by Gasteiger charge is -2.14. The molecule has 1 atom stereocenters. The Morgan fingerprint density at radius 2 is 1.75 bits per heavy atom. The highest BCUT2D eigenvalue weighted by molar-refractivity contribution is 9.11. The molecule has 0 saturated carbocycles. The molecule has 2 nitrogen and oxygen atoms in total. The van der Waals surface area contributed by atoms with Gasteiger partial charge in [0.2, 0.25) is 0 Å². The van der Waals surface area contributed by atoms with Crippen molar-refractivity contribution < 1.29 is 4.74 Å². The summed E-state index contributed by atoms with van der Waals surface area (Å²) >= 11 is 7.19. The van der Waals surface area contributed by atoms with Crippen LogP contribution in [0.25, 0.3) is 0 Å². The summed E-state index contributed by atoms with van der Waals surface area (Å²) in [6, 6.07) is 4.44. The van der Waals surface area contributed by atoms with Gasteiger partial charge in [-0.1, -0.05) is 33.1 Å². The average molecular weight is 407 g/mol. The number of rotatable bonds is 9. The van der Waals surface area contributed by atoms with Crippen LogP contribution in [0, 0.1) is 0 Å². The van der Waals surface area contributed by atoms with Gasteiger partial charge in [-0.25, -0.2) is 0 Å². The van der Waals surface area contributed by atoms with Gasteiger partial charge in [0.15, 0.2) is 0 Å². The molecule has 0 aromatic heterocycles. The monoisotopic (exact) mass is 405 g/mol. The third-order valence-electron chi connectivity index (χ3n) is 3.32. The highest BCUT2D eigenvalue weighted by Crippen LogP contribution is 2.35. The predicted molar refractivity (Wildman–Crippen MR) is 93.4 cm³/mol. The zero-order chi connectivity index (χ0) is 15.0. The second kappa shape index (κ2) is 9.80. The lowest BCUT2D eigenvalue weighted by atomic mass is 10.0. The van der Waals surface area contributed by atoms with E-state index in [1.54, 1.807) is 0 Å². The Labute approximate surface area is 139 Å². The van der Waals surface area contributed by atoms with Crippen molar-refractivity contribution in [1.82, 2.24) is 0 Å². The van der Waals surface area contributed by atoms with Gasteiger partial charge < -0.3 is 10.5 Å². The van der Waals surface area contributed by atoms with Crippen LogP contribution in [0.15, 0.2) is 21.1 Å². The first-order valence-electron chi connectivity index (χ1n) is 7.44. The molecule has 20 heavy (non-hydrogen) atoms. The first-order chi connectivity index (χ1) is 9.58. The Kier molecular flexibility index (Phi) is 8.82. The molecule has 0 saturated heterocycles. The van der Waals surface area contributed by atoms with E-state index in [1.165, 1.54) is 24.8 Å². The predicted octanol–water partition coefficient (Wildman–Crippen LogP) is 5.45. The zero-order valence-corrected chi connectivity index (χ0v) is 15.6. The average Bonchev–Trinajstić information content (AvgIpc) is 2.41. The summed E-state index contributed by atoms with van der Waals surface area (Å²) in [4.78, 5) is 0. The van der Waals surface area contributed by atoms with Crippen molar-refractivity contribution in [2.45, 2.75) is 58.4 Å². The second-order valence-corrected chi connectivity index (χ2v) is 6.88. The van der Waals surface area contributed by atoms with Crippen LogP contribution in [0.4, 0.5) is 0 Å². The van der Waals surface area contributed by atoms with Crippen LogP contribution in [0.5, 0.6) is 5.75 Å². The van der Waals surface area contributed by atoms with Crippen molar-refractivity contribution in [3.8, 4) is 5.75 Å². The Morgan fingerprint density at radius 1 is 1.10 bits per heavy atom. The van der Waals surface area contributed by atoms with E-state index >= 15 is 0 Å². The highest BCUT2D eigenvalue weighted by Gasteiger charge is 2.10. The van der Waals surface area contributed by atoms with Crippen molar-refractivity contribution in [2.75, 3.05) is 6.61 Å². The molecule has 0 aliphatic rings. The fourth-order valence-corrected chi connectivity index (χ4v) is 3.53. The second-order valence-electron chi connectivity index (χ2n) is 5.17. The van der Waals surface area contributed by atoms with E-state index in [0.717, 1.165) is 40.6 Å². The number of halogens is 2. The molecule has 1 aromatic rings. The SMILES string of the molecule is CCCCCCOc1c(Br)cc(CC(N)CC)cc1Br. The maximum absolute atomic E-state index is 6.01. The lowest BCUT2D eigenvalue weighted by Crippen LogP contribution is -2.21. The van der Waals surface area contributed by atoms with Gasteiger partial charge in [0, 0.05) is 6.04 Å². The van der Waals surface area contributed by atoms with Gasteiger partial charge >= 0.3 is 0 Å². The molecule has 0 aliphatic heterocycles. The van der Waals surface area contributed by atoms with Crippen LogP contribution < -0.4 is 10.5 Å². The highest BCUT2D eigenvalue weighted by atomic mass is 79.9. The van der Waals surface area contributed by atoms with E-state index in [0.29, 0.717) is 0 Å². The molecule has 0 amide bonds. The maximum atomic E-state index is 6.01. The lowest BCUT2D eigenvalue weighted by molar-refractivity contribution is 0.301. The van der Waals surface area contributed by atoms with Crippen LogP contribution in [0.1, 0.15) is 51.5 Å². The molecule has 0 fully saturated rings. The van der Waals surface area contributed by atoms with E-state index < -0.39 is 0 Å². The van der Waals surface area contributed by atoms with Crippen molar-refractivity contribution >= 4 is 31.9 Å². The van der Waals surface area contributed by atoms with E-state index in [4.69, 9.17) is 10.5 Å². The molecule has 1 unspecified atom stereocenters. The Balaban J connectivity index is 2.59. The van der Waals surface area contributed by atoms with Gasteiger partial charge in [-0.15, -0.1) is 0 Å². The summed E-state index contributed by atoms with van der Waals surface area (Å²) in [5.41, 5.74) is 7.24. The standard InChI is InChI=1S/C16H25Br2NO/c1-3-5-6-7-8-20-16-14(17)10-12(11-15(16)18)9-13(19)4-2/h10-11,13H,3-9,19H2,1-2H3. The third kappa shape index (κ3) is 6.15. The quantitative estimate of drug-likeness (QED) is 0.553. The number of ether oxygens (including phenoxy) is 1. The van der Waals surface area contributed by atoms with Crippen molar-refractivity contribution in [1.29, 1.82) is 0 Å². The van der Waals surface area contributed by atoms with E-state index in [1.807, 2.05) is 0 Å². The largest absolute Gasteiger partial charge is 0.491 e. The van der Waals surface area contributed by atoms with E-state index in [2.05, 4.69) is 57.8 Å². The Hall–Kier alpha value is -0.0600. The molecule has 4 heteroatoms. The molecule has 0 bridgehead atoms. The molecule has 0 heterocycles. The number of unbranched alkanes of at least 4 members (excludes halogenated alkanes) is 3. The number of hydrogen-bond acceptors (Lipinski definition) is 2. The minimum atomic E-state index is 0.217. The number of benzene rings is 1. The van der Waals surface area contributed by atoms with Crippen molar-refractivity contribution in [3.05, 3.63) is 26.6 Å². The van der Waals surface area contributed by atoms with Gasteiger partial charge in [0.05, 0.1) is 15.6 Å². The van der Waals surface area contributed by atoms with Crippen LogP contribution >= 0.6 is 31.9 Å². The number of hydrogen-bond donors (Lipinski definition) is 1. The van der Waals surface area contributed by atoms with Gasteiger partial charge in [0.25, 0.3) is 0 Å². The van der Waals surface area contributed by atoms with E-state index in [-0.39, 0.29) is 6.04 Å². The molecule has 114 valence electrons. The molecule has 1 aromatic carbocycles. The van der Waals surface area contributed by atoms with Crippen molar-refractivity contribution in [2.24, 2.45) is 5.73 Å². The van der Waals surface area contributed by atoms with Gasteiger partial charge in [0.1, 0.15) is 5.75 Å². The third-order valence-corrected chi connectivity index (χ3v) is 4.50. The minimum absolute atomic E-state index is 0.217. The summed E-state index contributed by atoms with van der Waals surface area (Å²) in [5.74, 6) is 0.898. The van der Waals surface area contributed by atoms with Gasteiger partial charge in [-0.2, -0.15) is 0 Å².